The molecule has 0 aromatic carbocycles. The Morgan fingerprint density at radius 3 is 2.08 bits per heavy atom. The molecule has 0 aliphatic carbocycles. The molecular weight excluding hydrogens is 314 g/mol. The predicted molar refractivity (Wildman–Crippen MR) is 107 cm³/mol. The van der Waals surface area contributed by atoms with E-state index < -0.39 is 0 Å². The van der Waals surface area contributed by atoms with Gasteiger partial charge in [-0.3, -0.25) is 9.89 Å². The first kappa shape index (κ1) is 22.2. The zero-order chi connectivity index (χ0) is 19.0. The van der Waals surface area contributed by atoms with Gasteiger partial charge in [0.25, 0.3) is 0 Å². The molecule has 1 aliphatic rings. The second kappa shape index (κ2) is 10.3. The van der Waals surface area contributed by atoms with Crippen LogP contribution in [0.3, 0.4) is 0 Å². The summed E-state index contributed by atoms with van der Waals surface area (Å²) < 4.78 is 5.62. The molecule has 0 spiro atoms. The summed E-state index contributed by atoms with van der Waals surface area (Å²) in [6.07, 6.45) is 0.143. The minimum atomic E-state index is 0.0981. The van der Waals surface area contributed by atoms with Crippen molar-refractivity contribution in [1.82, 2.24) is 20.4 Å². The van der Waals surface area contributed by atoms with Gasteiger partial charge in [-0.25, -0.2) is 0 Å². The van der Waals surface area contributed by atoms with Crippen LogP contribution >= 0.6 is 0 Å². The molecule has 2 atom stereocenters. The Morgan fingerprint density at radius 1 is 1.08 bits per heavy atom. The summed E-state index contributed by atoms with van der Waals surface area (Å²) in [6.45, 7) is 17.4. The van der Waals surface area contributed by atoms with Gasteiger partial charge >= 0.3 is 0 Å². The Balaban J connectivity index is 2.53. The monoisotopic (exact) mass is 355 g/mol. The van der Waals surface area contributed by atoms with Crippen LogP contribution in [0.1, 0.15) is 34.6 Å². The molecule has 1 saturated heterocycles. The second-order valence-electron chi connectivity index (χ2n) is 8.57. The third-order valence-corrected chi connectivity index (χ3v) is 5.18. The summed E-state index contributed by atoms with van der Waals surface area (Å²) in [4.78, 5) is 9.39. The third kappa shape index (κ3) is 7.50. The molecule has 2 unspecified atom stereocenters. The predicted octanol–water partition coefficient (Wildman–Crippen LogP) is 1.48. The van der Waals surface area contributed by atoms with Gasteiger partial charge in [0.05, 0.1) is 6.10 Å². The average molecular weight is 356 g/mol. The van der Waals surface area contributed by atoms with Gasteiger partial charge in [-0.1, -0.05) is 34.6 Å². The minimum Gasteiger partial charge on any atom is -0.379 e. The van der Waals surface area contributed by atoms with Gasteiger partial charge in [0.2, 0.25) is 0 Å². The van der Waals surface area contributed by atoms with Crippen LogP contribution in [0.5, 0.6) is 0 Å². The molecule has 0 radical (unpaired) electrons. The first-order valence-electron chi connectivity index (χ1n) is 9.59. The van der Waals surface area contributed by atoms with Crippen LogP contribution in [0.4, 0.5) is 0 Å². The Labute approximate surface area is 155 Å². The number of nitrogens with zero attached hydrogens (tertiary/aromatic N) is 3. The van der Waals surface area contributed by atoms with E-state index >= 15 is 0 Å². The quantitative estimate of drug-likeness (QED) is 0.535. The summed E-state index contributed by atoms with van der Waals surface area (Å²) in [5, 5.41) is 6.94. The first-order chi connectivity index (χ1) is 11.7. The number of aliphatic imine (C=N–C) groups is 1. The van der Waals surface area contributed by atoms with Gasteiger partial charge in [-0.15, -0.1) is 0 Å². The number of guanidine groups is 1. The highest BCUT2D eigenvalue weighted by molar-refractivity contribution is 5.79. The van der Waals surface area contributed by atoms with E-state index in [0.717, 1.165) is 45.2 Å². The Morgan fingerprint density at radius 2 is 1.64 bits per heavy atom. The molecule has 1 aliphatic heterocycles. The Bertz CT molecular complexity index is 397. The van der Waals surface area contributed by atoms with Crippen LogP contribution in [0.2, 0.25) is 0 Å². The van der Waals surface area contributed by atoms with Crippen molar-refractivity contribution in [2.24, 2.45) is 16.3 Å². The van der Waals surface area contributed by atoms with Crippen LogP contribution in [0, 0.1) is 11.3 Å². The van der Waals surface area contributed by atoms with Crippen LogP contribution in [0.25, 0.3) is 0 Å². The Kier molecular flexibility index (Phi) is 9.17. The highest BCUT2D eigenvalue weighted by Gasteiger charge is 2.26. The molecule has 6 nitrogen and oxygen atoms in total. The van der Waals surface area contributed by atoms with Crippen LogP contribution in [0.15, 0.2) is 4.99 Å². The van der Waals surface area contributed by atoms with Crippen LogP contribution in [-0.4, -0.2) is 88.4 Å². The number of hydrogen-bond acceptors (Lipinski definition) is 4. The number of hydrogen-bond donors (Lipinski definition) is 2. The van der Waals surface area contributed by atoms with E-state index in [9.17, 15) is 0 Å². The molecule has 0 saturated carbocycles. The highest BCUT2D eigenvalue weighted by atomic mass is 16.5. The highest BCUT2D eigenvalue weighted by Crippen LogP contribution is 2.20. The van der Waals surface area contributed by atoms with Gasteiger partial charge < -0.3 is 20.3 Å². The van der Waals surface area contributed by atoms with Gasteiger partial charge in [0.15, 0.2) is 5.96 Å². The van der Waals surface area contributed by atoms with Gasteiger partial charge in [0.1, 0.15) is 0 Å². The second-order valence-corrected chi connectivity index (χ2v) is 8.57. The van der Waals surface area contributed by atoms with Crippen molar-refractivity contribution in [3.8, 4) is 0 Å². The number of likely N-dealkylation sites (N-methyl/N-ethyl adjacent to an activating group) is 1. The first-order valence-corrected chi connectivity index (χ1v) is 9.59. The van der Waals surface area contributed by atoms with E-state index in [4.69, 9.17) is 4.74 Å². The van der Waals surface area contributed by atoms with Gasteiger partial charge in [-0.05, 0) is 18.4 Å². The van der Waals surface area contributed by atoms with Gasteiger partial charge in [0, 0.05) is 59.5 Å². The van der Waals surface area contributed by atoms with E-state index in [0.29, 0.717) is 12.0 Å². The fraction of sp³-hybridized carbons (Fsp3) is 0.947. The maximum atomic E-state index is 5.62. The lowest BCUT2D eigenvalue weighted by Gasteiger charge is -2.40. The van der Waals surface area contributed by atoms with E-state index in [1.165, 1.54) is 0 Å². The minimum absolute atomic E-state index is 0.0981. The van der Waals surface area contributed by atoms with Crippen molar-refractivity contribution in [3.05, 3.63) is 0 Å². The summed E-state index contributed by atoms with van der Waals surface area (Å²) in [5.41, 5.74) is 0.0981. The normalized spacial score (nSPS) is 20.6. The SMILES string of the molecule is CN=C(NCC(C(C)C)N1CCN(C)CC1)NCC(OC)C(C)(C)C. The van der Waals surface area contributed by atoms with E-state index in [1.807, 2.05) is 7.05 Å². The van der Waals surface area contributed by atoms with Crippen LogP contribution < -0.4 is 10.6 Å². The van der Waals surface area contributed by atoms with E-state index in [2.05, 4.69) is 67.1 Å². The average Bonchev–Trinajstić information content (AvgIpc) is 2.53. The van der Waals surface area contributed by atoms with E-state index in [1.54, 1.807) is 7.11 Å². The fourth-order valence-corrected chi connectivity index (χ4v) is 3.29. The standard InChI is InChI=1S/C19H41N5O/c1-15(2)16(24-11-9-23(7)10-12-24)13-21-18(20-6)22-14-17(25-8)19(3,4)5/h15-17H,9-14H2,1-8H3,(H2,20,21,22). The molecule has 25 heavy (non-hydrogen) atoms. The summed E-state index contributed by atoms with van der Waals surface area (Å²) >= 11 is 0. The van der Waals surface area contributed by atoms with Gasteiger partial charge in [-0.2, -0.15) is 0 Å². The molecule has 0 aromatic heterocycles. The molecular formula is C19H41N5O. The lowest BCUT2D eigenvalue weighted by molar-refractivity contribution is 0.0205. The van der Waals surface area contributed by atoms with E-state index in [-0.39, 0.29) is 11.5 Å². The number of piperazine rings is 1. The lowest BCUT2D eigenvalue weighted by Crippen LogP contribution is -2.55. The number of nitrogens with one attached hydrogen (secondary N) is 2. The molecule has 1 rings (SSSR count). The van der Waals surface area contributed by atoms with Crippen molar-refractivity contribution >= 4 is 5.96 Å². The molecule has 0 aromatic rings. The molecule has 0 amide bonds. The zero-order valence-corrected chi connectivity index (χ0v) is 17.7. The maximum Gasteiger partial charge on any atom is 0.191 e. The number of methoxy groups -OCH3 is 1. The molecule has 1 heterocycles. The van der Waals surface area contributed by atoms with Crippen molar-refractivity contribution < 1.29 is 4.74 Å². The molecule has 2 N–H and O–H groups in total. The number of ether oxygens (including phenoxy) is 1. The molecule has 148 valence electrons. The van der Waals surface area contributed by atoms with Crippen molar-refractivity contribution in [1.29, 1.82) is 0 Å². The topological polar surface area (TPSA) is 52.1 Å². The largest absolute Gasteiger partial charge is 0.379 e. The molecule has 1 fully saturated rings. The Hall–Kier alpha value is -0.850. The van der Waals surface area contributed by atoms with Crippen molar-refractivity contribution in [2.75, 3.05) is 60.5 Å². The van der Waals surface area contributed by atoms with Crippen molar-refractivity contribution in [2.45, 2.75) is 46.8 Å². The summed E-state index contributed by atoms with van der Waals surface area (Å²) in [6, 6.07) is 0.521. The zero-order valence-electron chi connectivity index (χ0n) is 17.7. The maximum absolute atomic E-state index is 5.62. The molecule has 6 heteroatoms. The summed E-state index contributed by atoms with van der Waals surface area (Å²) in [5.74, 6) is 1.46. The fourth-order valence-electron chi connectivity index (χ4n) is 3.29. The number of rotatable bonds is 7. The summed E-state index contributed by atoms with van der Waals surface area (Å²) in [7, 11) is 5.80. The lowest BCUT2D eigenvalue weighted by atomic mass is 9.89. The van der Waals surface area contributed by atoms with Crippen LogP contribution in [-0.2, 0) is 4.74 Å². The molecule has 0 bridgehead atoms. The third-order valence-electron chi connectivity index (χ3n) is 5.18. The van der Waals surface area contributed by atoms with Crippen molar-refractivity contribution in [3.63, 3.8) is 0 Å². The smallest absolute Gasteiger partial charge is 0.191 e.